The molecule has 126 valence electrons. The van der Waals surface area contributed by atoms with Gasteiger partial charge >= 0.3 is 0 Å². The van der Waals surface area contributed by atoms with Crippen LogP contribution in [0.2, 0.25) is 5.02 Å². The van der Waals surface area contributed by atoms with Crippen molar-refractivity contribution in [2.75, 3.05) is 13.6 Å². The number of aromatic nitrogens is 2. The molecule has 0 aliphatic carbocycles. The van der Waals surface area contributed by atoms with E-state index in [9.17, 15) is 9.59 Å². The van der Waals surface area contributed by atoms with E-state index in [4.69, 9.17) is 16.1 Å². The molecule has 2 heterocycles. The van der Waals surface area contributed by atoms with Crippen molar-refractivity contribution in [3.05, 3.63) is 35.1 Å². The molecular formula is C16H17ClN4O3. The lowest BCUT2D eigenvalue weighted by Gasteiger charge is -2.14. The zero-order valence-corrected chi connectivity index (χ0v) is 14.1. The molecule has 2 unspecified atom stereocenters. The highest BCUT2D eigenvalue weighted by atomic mass is 35.5. The first-order chi connectivity index (χ1) is 11.4. The molecule has 1 aliphatic heterocycles. The lowest BCUT2D eigenvalue weighted by atomic mass is 10.1. The van der Waals surface area contributed by atoms with E-state index < -0.39 is 6.04 Å². The number of halogens is 1. The van der Waals surface area contributed by atoms with Crippen molar-refractivity contribution in [3.63, 3.8) is 0 Å². The van der Waals surface area contributed by atoms with Gasteiger partial charge in [0.25, 0.3) is 5.89 Å². The summed E-state index contributed by atoms with van der Waals surface area (Å²) in [5.41, 5.74) is 0.750. The monoisotopic (exact) mass is 348 g/mol. The fourth-order valence-electron chi connectivity index (χ4n) is 2.56. The first-order valence-corrected chi connectivity index (χ1v) is 7.95. The quantitative estimate of drug-likeness (QED) is 0.913. The molecule has 8 heteroatoms. The number of benzene rings is 1. The number of nitrogens with one attached hydrogen (secondary N) is 1. The normalized spacial score (nSPS) is 18.7. The second-order valence-corrected chi connectivity index (χ2v) is 6.31. The second kappa shape index (κ2) is 6.60. The highest BCUT2D eigenvalue weighted by Crippen LogP contribution is 2.22. The third kappa shape index (κ3) is 3.41. The number of rotatable bonds is 4. The van der Waals surface area contributed by atoms with Crippen LogP contribution in [0.3, 0.4) is 0 Å². The standard InChI is InChI=1S/C16H17ClN4O3/c1-9(18-15(23)11-7-13(22)21(2)8-11)14-19-16(24-20-14)10-3-5-12(17)6-4-10/h3-6,9,11H,7-8H2,1-2H3,(H,18,23). The zero-order valence-electron chi connectivity index (χ0n) is 13.3. The van der Waals surface area contributed by atoms with Gasteiger partial charge in [0, 0.05) is 30.6 Å². The van der Waals surface area contributed by atoms with Crippen LogP contribution in [0, 0.1) is 5.92 Å². The van der Waals surface area contributed by atoms with Crippen LogP contribution in [0.25, 0.3) is 11.5 Å². The predicted molar refractivity (Wildman–Crippen MR) is 87.0 cm³/mol. The Kier molecular flexibility index (Phi) is 4.53. The van der Waals surface area contributed by atoms with Gasteiger partial charge in [-0.1, -0.05) is 16.8 Å². The van der Waals surface area contributed by atoms with E-state index >= 15 is 0 Å². The topological polar surface area (TPSA) is 88.3 Å². The molecule has 1 aliphatic rings. The van der Waals surface area contributed by atoms with E-state index in [1.54, 1.807) is 43.1 Å². The van der Waals surface area contributed by atoms with Crippen LogP contribution in [-0.4, -0.2) is 40.4 Å². The first kappa shape index (κ1) is 16.4. The maximum atomic E-state index is 12.2. The van der Waals surface area contributed by atoms with E-state index in [0.29, 0.717) is 23.3 Å². The summed E-state index contributed by atoms with van der Waals surface area (Å²) in [4.78, 5) is 29.6. The van der Waals surface area contributed by atoms with E-state index in [2.05, 4.69) is 15.5 Å². The summed E-state index contributed by atoms with van der Waals surface area (Å²) in [7, 11) is 1.69. The molecule has 2 atom stereocenters. The van der Waals surface area contributed by atoms with Crippen LogP contribution < -0.4 is 5.32 Å². The van der Waals surface area contributed by atoms with Crippen LogP contribution in [0.4, 0.5) is 0 Å². The van der Waals surface area contributed by atoms with Gasteiger partial charge in [-0.2, -0.15) is 4.98 Å². The molecule has 0 saturated carbocycles. The zero-order chi connectivity index (χ0) is 17.3. The third-order valence-electron chi connectivity index (χ3n) is 3.99. The van der Waals surface area contributed by atoms with Gasteiger partial charge in [-0.05, 0) is 31.2 Å². The number of likely N-dealkylation sites (tertiary alicyclic amines) is 1. The Labute approximate surface area is 144 Å². The van der Waals surface area contributed by atoms with Crippen molar-refractivity contribution in [1.82, 2.24) is 20.4 Å². The molecule has 0 spiro atoms. The molecule has 1 saturated heterocycles. The Hall–Kier alpha value is -2.41. The number of carbonyl (C=O) groups excluding carboxylic acids is 2. The van der Waals surface area contributed by atoms with Crippen molar-refractivity contribution >= 4 is 23.4 Å². The van der Waals surface area contributed by atoms with Gasteiger partial charge in [0.15, 0.2) is 5.82 Å². The first-order valence-electron chi connectivity index (χ1n) is 7.58. The Bertz CT molecular complexity index is 759. The van der Waals surface area contributed by atoms with E-state index in [-0.39, 0.29) is 24.2 Å². The number of nitrogens with zero attached hydrogens (tertiary/aromatic N) is 3. The average molecular weight is 349 g/mol. The Morgan fingerprint density at radius 2 is 2.12 bits per heavy atom. The summed E-state index contributed by atoms with van der Waals surface area (Å²) < 4.78 is 5.24. The van der Waals surface area contributed by atoms with E-state index in [1.165, 1.54) is 0 Å². The molecule has 1 aromatic carbocycles. The summed E-state index contributed by atoms with van der Waals surface area (Å²) in [5, 5.41) is 7.36. The third-order valence-corrected chi connectivity index (χ3v) is 4.24. The minimum Gasteiger partial charge on any atom is -0.346 e. The lowest BCUT2D eigenvalue weighted by Crippen LogP contribution is -2.34. The largest absolute Gasteiger partial charge is 0.346 e. The molecule has 3 rings (SSSR count). The Morgan fingerprint density at radius 1 is 1.42 bits per heavy atom. The van der Waals surface area contributed by atoms with Crippen molar-refractivity contribution in [3.8, 4) is 11.5 Å². The van der Waals surface area contributed by atoms with Crippen LogP contribution in [0.15, 0.2) is 28.8 Å². The maximum absolute atomic E-state index is 12.2. The Balaban J connectivity index is 1.65. The highest BCUT2D eigenvalue weighted by Gasteiger charge is 2.33. The average Bonchev–Trinajstić information content (AvgIpc) is 3.16. The second-order valence-electron chi connectivity index (χ2n) is 5.87. The van der Waals surface area contributed by atoms with Gasteiger partial charge in [0.05, 0.1) is 12.0 Å². The maximum Gasteiger partial charge on any atom is 0.257 e. The van der Waals surface area contributed by atoms with Crippen molar-refractivity contribution < 1.29 is 14.1 Å². The molecule has 2 amide bonds. The van der Waals surface area contributed by atoms with Gasteiger partial charge in [-0.25, -0.2) is 0 Å². The summed E-state index contributed by atoms with van der Waals surface area (Å²) in [5.74, 6) is 0.197. The fourth-order valence-corrected chi connectivity index (χ4v) is 2.68. The molecule has 1 fully saturated rings. The van der Waals surface area contributed by atoms with Gasteiger partial charge in [0.1, 0.15) is 0 Å². The van der Waals surface area contributed by atoms with Crippen molar-refractivity contribution in [2.45, 2.75) is 19.4 Å². The molecule has 2 aromatic rings. The molecule has 0 bridgehead atoms. The highest BCUT2D eigenvalue weighted by molar-refractivity contribution is 6.30. The molecule has 1 N–H and O–H groups in total. The lowest BCUT2D eigenvalue weighted by molar-refractivity contribution is -0.128. The molecule has 7 nitrogen and oxygen atoms in total. The predicted octanol–water partition coefficient (Wildman–Crippen LogP) is 2.05. The van der Waals surface area contributed by atoms with Crippen molar-refractivity contribution in [1.29, 1.82) is 0 Å². The van der Waals surface area contributed by atoms with E-state index in [0.717, 1.165) is 5.56 Å². The van der Waals surface area contributed by atoms with Gasteiger partial charge in [0.2, 0.25) is 11.8 Å². The van der Waals surface area contributed by atoms with Gasteiger partial charge in [-0.15, -0.1) is 0 Å². The van der Waals surface area contributed by atoms with Crippen molar-refractivity contribution in [2.24, 2.45) is 5.92 Å². The number of hydrogen-bond acceptors (Lipinski definition) is 5. The van der Waals surface area contributed by atoms with Gasteiger partial charge < -0.3 is 14.7 Å². The SMILES string of the molecule is CC(NC(=O)C1CC(=O)N(C)C1)c1noc(-c2ccc(Cl)cc2)n1. The fraction of sp³-hybridized carbons (Fsp3) is 0.375. The smallest absolute Gasteiger partial charge is 0.257 e. The van der Waals surface area contributed by atoms with Gasteiger partial charge in [-0.3, -0.25) is 9.59 Å². The molecular weight excluding hydrogens is 332 g/mol. The molecule has 0 radical (unpaired) electrons. The summed E-state index contributed by atoms with van der Waals surface area (Å²) >= 11 is 5.85. The molecule has 24 heavy (non-hydrogen) atoms. The minimum absolute atomic E-state index is 0.0209. The number of amides is 2. The number of hydrogen-bond donors (Lipinski definition) is 1. The van der Waals surface area contributed by atoms with Crippen LogP contribution in [0.5, 0.6) is 0 Å². The van der Waals surface area contributed by atoms with Crippen LogP contribution in [-0.2, 0) is 9.59 Å². The summed E-state index contributed by atoms with van der Waals surface area (Å²) in [6.45, 7) is 2.20. The minimum atomic E-state index is -0.414. The summed E-state index contributed by atoms with van der Waals surface area (Å²) in [6, 6.07) is 6.62. The summed E-state index contributed by atoms with van der Waals surface area (Å²) in [6.07, 6.45) is 0.233. The Morgan fingerprint density at radius 3 is 2.75 bits per heavy atom. The van der Waals surface area contributed by atoms with E-state index in [1.807, 2.05) is 0 Å². The van der Waals surface area contributed by atoms with Crippen LogP contribution >= 0.6 is 11.6 Å². The molecule has 1 aromatic heterocycles. The number of carbonyl (C=O) groups is 2. The van der Waals surface area contributed by atoms with Crippen LogP contribution in [0.1, 0.15) is 25.2 Å².